The van der Waals surface area contributed by atoms with Crippen LogP contribution >= 0.6 is 34.8 Å². The number of aromatic nitrogens is 2. The zero-order chi connectivity index (χ0) is 38.6. The van der Waals surface area contributed by atoms with Gasteiger partial charge in [0, 0.05) is 12.1 Å². The van der Waals surface area contributed by atoms with Crippen molar-refractivity contribution < 1.29 is 28.5 Å². The van der Waals surface area contributed by atoms with Crippen molar-refractivity contribution in [2.45, 2.75) is 66.0 Å². The van der Waals surface area contributed by atoms with Gasteiger partial charge in [-0.15, -0.1) is 0 Å². The first-order valence-corrected chi connectivity index (χ1v) is 17.8. The second-order valence-electron chi connectivity index (χ2n) is 13.6. The van der Waals surface area contributed by atoms with Crippen LogP contribution in [0.3, 0.4) is 0 Å². The smallest absolute Gasteiger partial charge is 0.345 e. The summed E-state index contributed by atoms with van der Waals surface area (Å²) in [5.41, 5.74) is 2.41. The molecule has 8 nitrogen and oxygen atoms in total. The third-order valence-electron chi connectivity index (χ3n) is 6.79. The first kappa shape index (κ1) is 40.9. The van der Waals surface area contributed by atoms with E-state index in [1.807, 2.05) is 103 Å². The lowest BCUT2D eigenvalue weighted by Crippen LogP contribution is -2.24. The molecule has 0 saturated carbocycles. The third-order valence-corrected chi connectivity index (χ3v) is 7.53. The van der Waals surface area contributed by atoms with Crippen molar-refractivity contribution in [2.24, 2.45) is 0 Å². The van der Waals surface area contributed by atoms with Crippen LogP contribution in [0.15, 0.2) is 103 Å². The van der Waals surface area contributed by atoms with Crippen LogP contribution in [0, 0.1) is 0 Å². The Kier molecular flexibility index (Phi) is 14.5. The lowest BCUT2D eigenvalue weighted by molar-refractivity contribution is 0.00522. The first-order valence-electron chi connectivity index (χ1n) is 16.7. The summed E-state index contributed by atoms with van der Waals surface area (Å²) in [5, 5.41) is 0.141. The minimum absolute atomic E-state index is 0.0440. The number of ether oxygens (including phenoxy) is 4. The summed E-state index contributed by atoms with van der Waals surface area (Å²) in [4.78, 5) is 33.4. The van der Waals surface area contributed by atoms with Crippen molar-refractivity contribution in [3.63, 3.8) is 0 Å². The molecule has 5 rings (SSSR count). The molecular formula is C42H41Cl3N2O6. The second-order valence-corrected chi connectivity index (χ2v) is 14.7. The van der Waals surface area contributed by atoms with E-state index in [0.717, 1.165) is 16.7 Å². The van der Waals surface area contributed by atoms with Gasteiger partial charge < -0.3 is 18.9 Å². The fraction of sp³-hybridized carbons (Fsp3) is 0.238. The Morgan fingerprint density at radius 1 is 0.585 bits per heavy atom. The summed E-state index contributed by atoms with van der Waals surface area (Å²) in [5.74, 6) is -0.592. The number of esters is 2. The van der Waals surface area contributed by atoms with Gasteiger partial charge in [0.1, 0.15) is 62.5 Å². The molecule has 0 bridgehead atoms. The van der Waals surface area contributed by atoms with E-state index in [0.29, 0.717) is 18.1 Å². The topological polar surface area (TPSA) is 96.8 Å². The number of pyridine rings is 2. The molecule has 0 spiro atoms. The monoisotopic (exact) mass is 774 g/mol. The van der Waals surface area contributed by atoms with E-state index >= 15 is 0 Å². The average molecular weight is 776 g/mol. The van der Waals surface area contributed by atoms with Crippen LogP contribution in [0.4, 0.5) is 0 Å². The van der Waals surface area contributed by atoms with Crippen LogP contribution in [-0.2, 0) is 22.7 Å². The van der Waals surface area contributed by atoms with E-state index in [4.69, 9.17) is 53.8 Å². The van der Waals surface area contributed by atoms with Gasteiger partial charge in [-0.25, -0.2) is 19.6 Å². The van der Waals surface area contributed by atoms with E-state index in [1.165, 1.54) is 6.07 Å². The quantitative estimate of drug-likeness (QED) is 0.102. The lowest BCUT2D eigenvalue weighted by Gasteiger charge is -2.21. The summed E-state index contributed by atoms with van der Waals surface area (Å²) in [7, 11) is 0. The maximum Gasteiger partial charge on any atom is 0.345 e. The minimum Gasteiger partial charge on any atom is -0.488 e. The Labute approximate surface area is 325 Å². The highest BCUT2D eigenvalue weighted by molar-refractivity contribution is 6.35. The molecular weight excluding hydrogens is 735 g/mol. The molecule has 5 aromatic rings. The first-order chi connectivity index (χ1) is 25.1. The number of halogens is 3. The highest BCUT2D eigenvalue weighted by Crippen LogP contribution is 2.32. The molecule has 0 amide bonds. The standard InChI is InChI=1S/C25H24ClNO3.C17H17Cl2NO3/c1-25(2,3)30-24(28)22-21(29-17-19-12-8-5-9-13-19)16-20(27-23(22)26)15-14-18-10-6-4-7-11-18;1-17(2,3)23-16(21)14-12(9-13(18)20-15(14)19)22-10-11-7-5-4-6-8-11/h4-16H,17H2,1-3H3;4-9H,10H2,1-3H3/b15-14+;. The molecule has 0 atom stereocenters. The van der Waals surface area contributed by atoms with Gasteiger partial charge in [-0.3, -0.25) is 0 Å². The predicted molar refractivity (Wildman–Crippen MR) is 211 cm³/mol. The predicted octanol–water partition coefficient (Wildman–Crippen LogP) is 11.4. The van der Waals surface area contributed by atoms with E-state index in [1.54, 1.807) is 47.6 Å². The highest BCUT2D eigenvalue weighted by Gasteiger charge is 2.27. The van der Waals surface area contributed by atoms with Crippen molar-refractivity contribution in [1.29, 1.82) is 0 Å². The molecule has 0 radical (unpaired) electrons. The number of benzene rings is 3. The van der Waals surface area contributed by atoms with E-state index in [-0.39, 0.29) is 38.9 Å². The van der Waals surface area contributed by atoms with Crippen LogP contribution in [0.2, 0.25) is 15.5 Å². The van der Waals surface area contributed by atoms with Crippen LogP contribution in [0.25, 0.3) is 12.2 Å². The fourth-order valence-corrected chi connectivity index (χ4v) is 5.29. The third kappa shape index (κ3) is 13.6. The normalized spacial score (nSPS) is 11.3. The van der Waals surface area contributed by atoms with Crippen molar-refractivity contribution >= 4 is 58.9 Å². The molecule has 0 aliphatic heterocycles. The average Bonchev–Trinajstić information content (AvgIpc) is 3.08. The summed E-state index contributed by atoms with van der Waals surface area (Å²) in [6.07, 6.45) is 3.75. The summed E-state index contributed by atoms with van der Waals surface area (Å²) >= 11 is 18.4. The number of carbonyl (C=O) groups excluding carboxylic acids is 2. The van der Waals surface area contributed by atoms with Crippen molar-refractivity contribution in [3.8, 4) is 11.5 Å². The number of hydrogen-bond acceptors (Lipinski definition) is 8. The molecule has 0 aliphatic carbocycles. The van der Waals surface area contributed by atoms with Gasteiger partial charge in [0.15, 0.2) is 0 Å². The molecule has 0 aliphatic rings. The Bertz CT molecular complexity index is 2010. The Balaban J connectivity index is 0.000000245. The van der Waals surface area contributed by atoms with Gasteiger partial charge >= 0.3 is 11.9 Å². The molecule has 2 aromatic heterocycles. The Morgan fingerprint density at radius 3 is 1.45 bits per heavy atom. The van der Waals surface area contributed by atoms with Gasteiger partial charge in [-0.05, 0) is 64.3 Å². The van der Waals surface area contributed by atoms with Gasteiger partial charge in [-0.2, -0.15) is 0 Å². The highest BCUT2D eigenvalue weighted by atomic mass is 35.5. The van der Waals surface area contributed by atoms with Crippen LogP contribution in [0.5, 0.6) is 11.5 Å². The van der Waals surface area contributed by atoms with Crippen molar-refractivity contribution in [2.75, 3.05) is 0 Å². The maximum atomic E-state index is 12.8. The second kappa shape index (κ2) is 18.7. The molecule has 2 heterocycles. The number of rotatable bonds is 10. The van der Waals surface area contributed by atoms with E-state index < -0.39 is 23.1 Å². The minimum atomic E-state index is -0.664. The molecule has 0 unspecified atom stereocenters. The largest absolute Gasteiger partial charge is 0.488 e. The van der Waals surface area contributed by atoms with Crippen molar-refractivity contribution in [3.05, 3.63) is 152 Å². The maximum absolute atomic E-state index is 12.8. The summed E-state index contributed by atoms with van der Waals surface area (Å²) in [6, 6.07) is 32.2. The fourth-order valence-electron chi connectivity index (χ4n) is 4.53. The number of nitrogens with zero attached hydrogens (tertiary/aromatic N) is 2. The Morgan fingerprint density at radius 2 is 1.00 bits per heavy atom. The molecule has 0 saturated heterocycles. The van der Waals surface area contributed by atoms with Crippen LogP contribution in [-0.4, -0.2) is 33.1 Å². The SMILES string of the molecule is CC(C)(C)OC(=O)c1c(OCc2ccccc2)cc(/C=C/c2ccccc2)nc1Cl.CC(C)(C)OC(=O)c1c(OCc2ccccc2)cc(Cl)nc1Cl. The molecule has 0 fully saturated rings. The molecule has 11 heteroatoms. The van der Waals surface area contributed by atoms with Crippen LogP contribution in [0.1, 0.15) is 84.6 Å². The molecule has 53 heavy (non-hydrogen) atoms. The van der Waals surface area contributed by atoms with E-state index in [9.17, 15) is 9.59 Å². The molecule has 276 valence electrons. The summed E-state index contributed by atoms with van der Waals surface area (Å²) < 4.78 is 22.5. The van der Waals surface area contributed by atoms with Gasteiger partial charge in [0.05, 0.1) is 5.69 Å². The summed E-state index contributed by atoms with van der Waals surface area (Å²) in [6.45, 7) is 11.3. The van der Waals surface area contributed by atoms with Gasteiger partial charge in [0.2, 0.25) is 0 Å². The Hall–Kier alpha value is -4.89. The zero-order valence-corrected chi connectivity index (χ0v) is 32.6. The van der Waals surface area contributed by atoms with Crippen molar-refractivity contribution in [1.82, 2.24) is 9.97 Å². The van der Waals surface area contributed by atoms with Gasteiger partial charge in [0.25, 0.3) is 0 Å². The van der Waals surface area contributed by atoms with Crippen LogP contribution < -0.4 is 9.47 Å². The molecule has 0 N–H and O–H groups in total. The van der Waals surface area contributed by atoms with E-state index in [2.05, 4.69) is 9.97 Å². The number of carbonyl (C=O) groups is 2. The van der Waals surface area contributed by atoms with Gasteiger partial charge in [-0.1, -0.05) is 132 Å². The number of hydrogen-bond donors (Lipinski definition) is 0. The molecule has 3 aromatic carbocycles. The lowest BCUT2D eigenvalue weighted by atomic mass is 10.1. The zero-order valence-electron chi connectivity index (χ0n) is 30.4.